The van der Waals surface area contributed by atoms with Gasteiger partial charge in [0.15, 0.2) is 0 Å². The average Bonchev–Trinajstić information content (AvgIpc) is 3.07. The van der Waals surface area contributed by atoms with E-state index >= 15 is 0 Å². The number of hydrogen-bond acceptors (Lipinski definition) is 2. The predicted molar refractivity (Wildman–Crippen MR) is 86.0 cm³/mol. The molecular weight excluding hydrogens is 258 g/mol. The Morgan fingerprint density at radius 2 is 1.95 bits per heavy atom. The monoisotopic (exact) mass is 283 g/mol. The van der Waals surface area contributed by atoms with Gasteiger partial charge in [0.1, 0.15) is 0 Å². The van der Waals surface area contributed by atoms with Crippen LogP contribution in [0.2, 0.25) is 0 Å². The second kappa shape index (κ2) is 7.41. The van der Waals surface area contributed by atoms with Crippen LogP contribution < -0.4 is 5.32 Å². The molecule has 2 aromatic rings. The quantitative estimate of drug-likeness (QED) is 0.874. The van der Waals surface area contributed by atoms with Crippen LogP contribution in [0.1, 0.15) is 43.7 Å². The van der Waals surface area contributed by atoms with Gasteiger partial charge in [0.25, 0.3) is 0 Å². The van der Waals surface area contributed by atoms with Crippen LogP contribution in [-0.2, 0) is 6.54 Å². The molecule has 0 saturated heterocycles. The number of hydrogen-bond donors (Lipinski definition) is 1. The molecular formula is C18H25N3. The lowest BCUT2D eigenvalue weighted by atomic mass is 9.81. The van der Waals surface area contributed by atoms with Crippen LogP contribution in [0, 0.1) is 5.92 Å². The van der Waals surface area contributed by atoms with Crippen molar-refractivity contribution in [3.63, 3.8) is 0 Å². The Balaban J connectivity index is 1.63. The normalized spacial score (nSPS) is 17.7. The van der Waals surface area contributed by atoms with E-state index in [2.05, 4.69) is 45.2 Å². The topological polar surface area (TPSA) is 29.9 Å². The Labute approximate surface area is 127 Å². The van der Waals surface area contributed by atoms with Gasteiger partial charge in [-0.1, -0.05) is 49.6 Å². The molecule has 0 aliphatic heterocycles. The first kappa shape index (κ1) is 14.3. The van der Waals surface area contributed by atoms with E-state index in [0.717, 1.165) is 19.0 Å². The van der Waals surface area contributed by atoms with E-state index in [-0.39, 0.29) is 0 Å². The highest BCUT2D eigenvalue weighted by Gasteiger charge is 2.24. The average molecular weight is 283 g/mol. The lowest BCUT2D eigenvalue weighted by molar-refractivity contribution is 0.269. The molecule has 1 aromatic carbocycles. The summed E-state index contributed by atoms with van der Waals surface area (Å²) in [6, 6.07) is 11.4. The zero-order valence-electron chi connectivity index (χ0n) is 12.6. The maximum absolute atomic E-state index is 4.10. The van der Waals surface area contributed by atoms with Gasteiger partial charge in [-0.2, -0.15) is 0 Å². The van der Waals surface area contributed by atoms with Crippen molar-refractivity contribution in [1.29, 1.82) is 0 Å². The number of aromatic nitrogens is 2. The second-order valence-corrected chi connectivity index (χ2v) is 6.04. The van der Waals surface area contributed by atoms with Gasteiger partial charge >= 0.3 is 0 Å². The molecule has 3 heteroatoms. The molecule has 112 valence electrons. The first-order chi connectivity index (χ1) is 10.4. The van der Waals surface area contributed by atoms with Gasteiger partial charge in [-0.25, -0.2) is 4.98 Å². The molecule has 1 saturated carbocycles. The molecule has 1 heterocycles. The van der Waals surface area contributed by atoms with E-state index < -0.39 is 0 Å². The van der Waals surface area contributed by atoms with Crippen molar-refractivity contribution in [2.75, 3.05) is 6.54 Å². The minimum Gasteiger partial charge on any atom is -0.336 e. The summed E-state index contributed by atoms with van der Waals surface area (Å²) in [4.78, 5) is 4.10. The van der Waals surface area contributed by atoms with Crippen molar-refractivity contribution in [2.45, 2.75) is 44.7 Å². The Kier molecular flexibility index (Phi) is 5.06. The third-order valence-electron chi connectivity index (χ3n) is 4.57. The highest BCUT2D eigenvalue weighted by atomic mass is 15.0. The number of nitrogens with zero attached hydrogens (tertiary/aromatic N) is 2. The molecule has 21 heavy (non-hydrogen) atoms. The van der Waals surface area contributed by atoms with Crippen LogP contribution >= 0.6 is 0 Å². The Bertz CT molecular complexity index is 501. The van der Waals surface area contributed by atoms with Gasteiger partial charge in [0.2, 0.25) is 0 Å². The molecule has 3 nitrogen and oxygen atoms in total. The molecule has 1 atom stereocenters. The van der Waals surface area contributed by atoms with E-state index in [1.54, 1.807) is 0 Å². The van der Waals surface area contributed by atoms with Gasteiger partial charge in [0, 0.05) is 31.5 Å². The van der Waals surface area contributed by atoms with Crippen LogP contribution in [0.4, 0.5) is 0 Å². The highest BCUT2D eigenvalue weighted by Crippen LogP contribution is 2.34. The largest absolute Gasteiger partial charge is 0.336 e. The minimum absolute atomic E-state index is 0.495. The van der Waals surface area contributed by atoms with Gasteiger partial charge in [-0.15, -0.1) is 0 Å². The summed E-state index contributed by atoms with van der Waals surface area (Å²) in [5.74, 6) is 0.781. The SMILES string of the molecule is c1ccc(C(NCCn2ccnc2)C2CCCCC2)cc1. The molecule has 3 rings (SSSR count). The van der Waals surface area contributed by atoms with Crippen molar-refractivity contribution in [2.24, 2.45) is 5.92 Å². The Morgan fingerprint density at radius 1 is 1.14 bits per heavy atom. The van der Waals surface area contributed by atoms with Gasteiger partial charge in [0.05, 0.1) is 6.33 Å². The fourth-order valence-corrected chi connectivity index (χ4v) is 3.45. The molecule has 0 radical (unpaired) electrons. The summed E-state index contributed by atoms with van der Waals surface area (Å²) in [7, 11) is 0. The van der Waals surface area contributed by atoms with Gasteiger partial charge in [-0.3, -0.25) is 0 Å². The molecule has 0 amide bonds. The molecule has 1 aliphatic rings. The summed E-state index contributed by atoms with van der Waals surface area (Å²) in [6.07, 6.45) is 12.7. The smallest absolute Gasteiger partial charge is 0.0946 e. The van der Waals surface area contributed by atoms with Crippen molar-refractivity contribution >= 4 is 0 Å². The second-order valence-electron chi connectivity index (χ2n) is 6.04. The summed E-state index contributed by atoms with van der Waals surface area (Å²) >= 11 is 0. The van der Waals surface area contributed by atoms with Crippen molar-refractivity contribution in [3.8, 4) is 0 Å². The molecule has 0 bridgehead atoms. The molecule has 1 unspecified atom stereocenters. The molecule has 1 aromatic heterocycles. The summed E-state index contributed by atoms with van der Waals surface area (Å²) < 4.78 is 2.13. The zero-order chi connectivity index (χ0) is 14.3. The number of nitrogens with one attached hydrogen (secondary N) is 1. The number of benzene rings is 1. The number of imidazole rings is 1. The van der Waals surface area contributed by atoms with E-state index in [0.29, 0.717) is 6.04 Å². The maximum atomic E-state index is 4.10. The first-order valence-corrected chi connectivity index (χ1v) is 8.17. The fraction of sp³-hybridized carbons (Fsp3) is 0.500. The third-order valence-corrected chi connectivity index (χ3v) is 4.57. The zero-order valence-corrected chi connectivity index (χ0v) is 12.6. The van der Waals surface area contributed by atoms with Crippen molar-refractivity contribution in [3.05, 3.63) is 54.6 Å². The van der Waals surface area contributed by atoms with E-state index in [1.807, 2.05) is 18.7 Å². The minimum atomic E-state index is 0.495. The lowest BCUT2D eigenvalue weighted by Gasteiger charge is -2.31. The highest BCUT2D eigenvalue weighted by molar-refractivity contribution is 5.19. The number of rotatable bonds is 6. The van der Waals surface area contributed by atoms with E-state index in [1.165, 1.54) is 37.7 Å². The van der Waals surface area contributed by atoms with Gasteiger partial charge in [-0.05, 0) is 24.3 Å². The van der Waals surface area contributed by atoms with E-state index in [9.17, 15) is 0 Å². The first-order valence-electron chi connectivity index (χ1n) is 8.17. The Morgan fingerprint density at radius 3 is 2.67 bits per heavy atom. The predicted octanol–water partition coefficient (Wildman–Crippen LogP) is 3.79. The van der Waals surface area contributed by atoms with E-state index in [4.69, 9.17) is 0 Å². The molecule has 1 N–H and O–H groups in total. The molecule has 1 fully saturated rings. The summed E-state index contributed by atoms with van der Waals surface area (Å²) in [5, 5.41) is 3.80. The summed E-state index contributed by atoms with van der Waals surface area (Å²) in [5.41, 5.74) is 1.44. The third kappa shape index (κ3) is 3.94. The van der Waals surface area contributed by atoms with Crippen molar-refractivity contribution in [1.82, 2.24) is 14.9 Å². The Hall–Kier alpha value is -1.61. The lowest BCUT2D eigenvalue weighted by Crippen LogP contribution is -2.32. The van der Waals surface area contributed by atoms with Crippen molar-refractivity contribution < 1.29 is 0 Å². The fourth-order valence-electron chi connectivity index (χ4n) is 3.45. The standard InChI is InChI=1S/C18H25N3/c1-3-7-16(8-4-1)18(17-9-5-2-6-10-17)20-12-14-21-13-11-19-15-21/h1,3-4,7-8,11,13,15,17-18,20H,2,5-6,9-10,12,14H2. The summed E-state index contributed by atoms with van der Waals surface area (Å²) in [6.45, 7) is 1.97. The van der Waals surface area contributed by atoms with Crippen LogP contribution in [0.15, 0.2) is 49.1 Å². The van der Waals surface area contributed by atoms with Crippen LogP contribution in [0.3, 0.4) is 0 Å². The maximum Gasteiger partial charge on any atom is 0.0946 e. The van der Waals surface area contributed by atoms with Crippen LogP contribution in [0.5, 0.6) is 0 Å². The van der Waals surface area contributed by atoms with Crippen LogP contribution in [-0.4, -0.2) is 16.1 Å². The van der Waals surface area contributed by atoms with Gasteiger partial charge < -0.3 is 9.88 Å². The molecule has 1 aliphatic carbocycles. The van der Waals surface area contributed by atoms with Crippen LogP contribution in [0.25, 0.3) is 0 Å². The molecule has 0 spiro atoms.